The molecule has 45 heavy (non-hydrogen) atoms. The summed E-state index contributed by atoms with van der Waals surface area (Å²) in [6, 6.07) is 14.7. The van der Waals surface area contributed by atoms with Crippen molar-refractivity contribution in [3.8, 4) is 0 Å². The molecule has 0 bridgehead atoms. The van der Waals surface area contributed by atoms with E-state index >= 15 is 0 Å². The number of carboxylic acid groups (broad SMARTS) is 1. The third-order valence-corrected chi connectivity index (χ3v) is 8.09. The average Bonchev–Trinajstić information content (AvgIpc) is 3.06. The Bertz CT molecular complexity index is 1300. The summed E-state index contributed by atoms with van der Waals surface area (Å²) in [5.74, 6) is -0.620. The zero-order valence-electron chi connectivity index (χ0n) is 26.2. The van der Waals surface area contributed by atoms with Crippen LogP contribution < -0.4 is 16.4 Å². The van der Waals surface area contributed by atoms with E-state index < -0.39 is 36.1 Å². The van der Waals surface area contributed by atoms with E-state index in [0.29, 0.717) is 18.4 Å². The lowest BCUT2D eigenvalue weighted by Crippen LogP contribution is -2.56. The van der Waals surface area contributed by atoms with Crippen molar-refractivity contribution in [3.63, 3.8) is 0 Å². The van der Waals surface area contributed by atoms with E-state index in [1.807, 2.05) is 37.3 Å². The molecule has 0 aliphatic carbocycles. The average molecular weight is 624 g/mol. The van der Waals surface area contributed by atoms with Crippen molar-refractivity contribution >= 4 is 29.9 Å². The number of amidine groups is 1. The molecule has 2 aromatic rings. The summed E-state index contributed by atoms with van der Waals surface area (Å²) in [5.41, 5.74) is 8.27. The molecule has 0 radical (unpaired) electrons. The van der Waals surface area contributed by atoms with Crippen LogP contribution in [-0.4, -0.2) is 65.1 Å². The second kappa shape index (κ2) is 17.6. The Balaban J connectivity index is 1.47. The maximum atomic E-state index is 13.1. The highest BCUT2D eigenvalue weighted by Gasteiger charge is 2.37. The summed E-state index contributed by atoms with van der Waals surface area (Å²) >= 11 is 0. The fourth-order valence-electron chi connectivity index (χ4n) is 5.23. The fraction of sp³-hybridized carbons (Fsp3) is 0.485. The van der Waals surface area contributed by atoms with Gasteiger partial charge in [-0.15, -0.1) is 0 Å². The predicted molar refractivity (Wildman–Crippen MR) is 169 cm³/mol. The first-order valence-electron chi connectivity index (χ1n) is 15.5. The molecule has 0 saturated carbocycles. The van der Waals surface area contributed by atoms with Gasteiger partial charge in [-0.3, -0.25) is 19.3 Å². The van der Waals surface area contributed by atoms with Gasteiger partial charge in [0.15, 0.2) is 5.84 Å². The molecule has 1 heterocycles. The highest BCUT2D eigenvalue weighted by Crippen LogP contribution is 2.31. The minimum Gasteiger partial charge on any atom is -0.465 e. The number of unbranched alkanes of at least 4 members (excludes halogenated alkanes) is 1. The van der Waals surface area contributed by atoms with Crippen LogP contribution in [0.15, 0.2) is 59.8 Å². The van der Waals surface area contributed by atoms with Crippen LogP contribution >= 0.6 is 0 Å². The third-order valence-electron chi connectivity index (χ3n) is 8.09. The largest absolute Gasteiger partial charge is 0.535 e. The standard InChI is InChI=1S/C33H45N5O7/c1-4-6-10-23(5-2)21-44-33(43)45-37-29(34)26-15-13-24(14-16-26)20-35-30(39)22(3)36-31(40)28-19-27(17-18-38(28)32(41)42)25-11-8-7-9-12-25/h7-9,11-16,22-23,27-28H,4-6,10,17-21H2,1-3H3,(H2,34,37)(H,35,39)(H,36,40)(H,41,42)/t22?,23?,27-,28+/m0/s1. The Hall–Kier alpha value is -4.61. The summed E-state index contributed by atoms with van der Waals surface area (Å²) in [5, 5.41) is 18.8. The van der Waals surface area contributed by atoms with Gasteiger partial charge in [-0.05, 0) is 49.1 Å². The van der Waals surface area contributed by atoms with Gasteiger partial charge >= 0.3 is 12.2 Å². The first kappa shape index (κ1) is 34.9. The summed E-state index contributed by atoms with van der Waals surface area (Å²) < 4.78 is 5.15. The first-order chi connectivity index (χ1) is 21.6. The number of ether oxygens (including phenoxy) is 1. The summed E-state index contributed by atoms with van der Waals surface area (Å²) in [4.78, 5) is 55.6. The molecule has 3 rings (SSSR count). The Kier molecular flexibility index (Phi) is 13.7. The van der Waals surface area contributed by atoms with Gasteiger partial charge in [0.25, 0.3) is 0 Å². The summed E-state index contributed by atoms with van der Waals surface area (Å²) in [6.45, 7) is 6.39. The van der Waals surface area contributed by atoms with Crippen molar-refractivity contribution in [1.29, 1.82) is 0 Å². The fourth-order valence-corrected chi connectivity index (χ4v) is 5.23. The monoisotopic (exact) mass is 623 g/mol. The zero-order chi connectivity index (χ0) is 32.8. The van der Waals surface area contributed by atoms with Crippen molar-refractivity contribution in [1.82, 2.24) is 15.5 Å². The van der Waals surface area contributed by atoms with Crippen molar-refractivity contribution in [2.24, 2.45) is 16.8 Å². The summed E-state index contributed by atoms with van der Waals surface area (Å²) in [7, 11) is 0. The lowest BCUT2D eigenvalue weighted by atomic mass is 9.85. The van der Waals surface area contributed by atoms with Crippen molar-refractivity contribution < 1.29 is 33.9 Å². The van der Waals surface area contributed by atoms with E-state index in [4.69, 9.17) is 15.3 Å². The van der Waals surface area contributed by atoms with Gasteiger partial charge in [-0.2, -0.15) is 0 Å². The molecular formula is C33H45N5O7. The minimum absolute atomic E-state index is 0.00971. The number of piperidine rings is 1. The number of nitrogens with two attached hydrogens (primary N) is 1. The molecule has 1 saturated heterocycles. The van der Waals surface area contributed by atoms with Gasteiger partial charge in [0.2, 0.25) is 11.8 Å². The van der Waals surface area contributed by atoms with Crippen LogP contribution in [0.25, 0.3) is 0 Å². The molecule has 1 aliphatic heterocycles. The molecule has 2 aromatic carbocycles. The number of carbonyl (C=O) groups is 4. The second-order valence-electron chi connectivity index (χ2n) is 11.3. The Morgan fingerprint density at radius 3 is 2.44 bits per heavy atom. The van der Waals surface area contributed by atoms with Crippen molar-refractivity contribution in [2.75, 3.05) is 13.2 Å². The zero-order valence-corrected chi connectivity index (χ0v) is 26.2. The maximum Gasteiger partial charge on any atom is 0.535 e. The molecule has 1 aliphatic rings. The van der Waals surface area contributed by atoms with E-state index in [-0.39, 0.29) is 37.4 Å². The predicted octanol–water partition coefficient (Wildman–Crippen LogP) is 4.72. The number of carbonyl (C=O) groups excluding carboxylic acids is 3. The molecular weight excluding hydrogens is 578 g/mol. The minimum atomic E-state index is -1.16. The number of hydrogen-bond acceptors (Lipinski definition) is 7. The molecule has 4 atom stereocenters. The number of likely N-dealkylation sites (tertiary alicyclic amines) is 1. The van der Waals surface area contributed by atoms with E-state index in [2.05, 4.69) is 22.7 Å². The van der Waals surface area contributed by atoms with Crippen LogP contribution in [-0.2, 0) is 25.7 Å². The number of nitrogens with one attached hydrogen (secondary N) is 2. The van der Waals surface area contributed by atoms with Crippen LogP contribution in [0.1, 0.15) is 81.9 Å². The molecule has 0 spiro atoms. The Labute approximate surface area is 264 Å². The normalized spacial score (nSPS) is 17.9. The Morgan fingerprint density at radius 1 is 1.09 bits per heavy atom. The van der Waals surface area contributed by atoms with E-state index in [1.54, 1.807) is 31.2 Å². The van der Waals surface area contributed by atoms with Gasteiger partial charge in [-0.1, -0.05) is 92.9 Å². The molecule has 244 valence electrons. The number of hydrogen-bond donors (Lipinski definition) is 4. The molecule has 3 amide bonds. The van der Waals surface area contributed by atoms with Gasteiger partial charge in [0.05, 0.1) is 6.61 Å². The van der Waals surface area contributed by atoms with Crippen LogP contribution in [0.4, 0.5) is 9.59 Å². The highest BCUT2D eigenvalue weighted by atomic mass is 16.8. The maximum absolute atomic E-state index is 13.1. The summed E-state index contributed by atoms with van der Waals surface area (Å²) in [6.07, 6.45) is 2.90. The van der Waals surface area contributed by atoms with Gasteiger partial charge in [0.1, 0.15) is 12.1 Å². The number of nitrogens with zero attached hydrogens (tertiary/aromatic N) is 2. The van der Waals surface area contributed by atoms with E-state index in [1.165, 1.54) is 0 Å². The van der Waals surface area contributed by atoms with Gasteiger partial charge < -0.3 is 26.2 Å². The van der Waals surface area contributed by atoms with Crippen molar-refractivity contribution in [3.05, 3.63) is 71.3 Å². The van der Waals surface area contributed by atoms with Gasteiger partial charge in [0, 0.05) is 18.7 Å². The van der Waals surface area contributed by atoms with E-state index in [0.717, 1.165) is 41.7 Å². The number of amides is 3. The molecule has 0 aromatic heterocycles. The topological polar surface area (TPSA) is 173 Å². The van der Waals surface area contributed by atoms with Crippen LogP contribution in [0.5, 0.6) is 0 Å². The molecule has 2 unspecified atom stereocenters. The molecule has 12 heteroatoms. The second-order valence-corrected chi connectivity index (χ2v) is 11.3. The number of oxime groups is 1. The lowest BCUT2D eigenvalue weighted by molar-refractivity contribution is -0.132. The first-order valence-corrected chi connectivity index (χ1v) is 15.5. The third kappa shape index (κ3) is 10.8. The molecule has 5 N–H and O–H groups in total. The van der Waals surface area contributed by atoms with Crippen molar-refractivity contribution in [2.45, 2.75) is 83.8 Å². The SMILES string of the molecule is CCCCC(CC)COC(=O)O/N=C(\N)c1ccc(CNC(=O)C(C)NC(=O)[C@H]2C[C@@H](c3ccccc3)CCN2C(=O)O)cc1. The smallest absolute Gasteiger partial charge is 0.465 e. The quantitative estimate of drug-likeness (QED) is 0.0769. The van der Waals surface area contributed by atoms with Crippen LogP contribution in [0.2, 0.25) is 0 Å². The van der Waals surface area contributed by atoms with Gasteiger partial charge in [-0.25, -0.2) is 9.59 Å². The molecule has 1 fully saturated rings. The number of rotatable bonds is 14. The highest BCUT2D eigenvalue weighted by molar-refractivity contribution is 5.97. The van der Waals surface area contributed by atoms with Crippen LogP contribution in [0, 0.1) is 5.92 Å². The molecule has 12 nitrogen and oxygen atoms in total. The number of benzene rings is 2. The Morgan fingerprint density at radius 2 is 1.80 bits per heavy atom. The van der Waals surface area contributed by atoms with E-state index in [9.17, 15) is 24.3 Å². The lowest BCUT2D eigenvalue weighted by Gasteiger charge is -2.37. The van der Waals surface area contributed by atoms with Crippen LogP contribution in [0.3, 0.4) is 0 Å².